The van der Waals surface area contributed by atoms with Crippen LogP contribution in [0.4, 0.5) is 17.5 Å². The number of hydrogen-bond acceptors (Lipinski definition) is 10. The third-order valence-corrected chi connectivity index (χ3v) is 5.16. The van der Waals surface area contributed by atoms with Gasteiger partial charge in [0.1, 0.15) is 5.78 Å². The second-order valence-electron chi connectivity index (χ2n) is 7.81. The summed E-state index contributed by atoms with van der Waals surface area (Å²) in [4.78, 5) is 53.6. The monoisotopic (exact) mass is 451 g/mol. The van der Waals surface area contributed by atoms with E-state index in [9.17, 15) is 19.5 Å². The lowest BCUT2D eigenvalue weighted by Crippen LogP contribution is -2.19. The molecule has 0 amide bonds. The molecule has 0 aliphatic rings. The van der Waals surface area contributed by atoms with E-state index in [1.165, 1.54) is 6.92 Å². The summed E-state index contributed by atoms with van der Waals surface area (Å²) in [5.41, 5.74) is 14.0. The Hall–Kier alpha value is -4.15. The van der Waals surface area contributed by atoms with E-state index in [4.69, 9.17) is 11.5 Å². The third-order valence-electron chi connectivity index (χ3n) is 5.16. The number of nitrogens with zero attached hydrogens (tertiary/aromatic N) is 5. The number of ketones is 2. The van der Waals surface area contributed by atoms with Crippen LogP contribution in [0.3, 0.4) is 0 Å². The molecule has 1 unspecified atom stereocenters. The first kappa shape index (κ1) is 23.5. The highest BCUT2D eigenvalue weighted by atomic mass is 16.4. The smallest absolute Gasteiger partial charge is 0.306 e. The van der Waals surface area contributed by atoms with Crippen LogP contribution < -0.4 is 16.4 Å². The Kier molecular flexibility index (Phi) is 7.11. The maximum absolute atomic E-state index is 12.5. The average Bonchev–Trinajstić information content (AvgIpc) is 2.76. The topological polar surface area (TPSA) is 178 Å². The van der Waals surface area contributed by atoms with Crippen molar-refractivity contribution < 1.29 is 19.5 Å². The largest absolute Gasteiger partial charge is 0.481 e. The molecule has 2 aromatic heterocycles. The number of carboxylic acids is 1. The number of hydrogen-bond donors (Lipinski definition) is 3. The molecular weight excluding hydrogens is 426 g/mol. The van der Waals surface area contributed by atoms with Crippen molar-refractivity contribution >= 4 is 46.2 Å². The molecule has 33 heavy (non-hydrogen) atoms. The van der Waals surface area contributed by atoms with Crippen molar-refractivity contribution in [3.8, 4) is 0 Å². The predicted octanol–water partition coefficient (Wildman–Crippen LogP) is 1.86. The molecule has 0 fully saturated rings. The van der Waals surface area contributed by atoms with Crippen molar-refractivity contribution in [1.82, 2.24) is 19.9 Å². The molecule has 0 radical (unpaired) electrons. The van der Waals surface area contributed by atoms with Crippen LogP contribution in [0, 0.1) is 5.92 Å². The van der Waals surface area contributed by atoms with E-state index in [0.717, 1.165) is 5.69 Å². The molecule has 172 valence electrons. The highest BCUT2D eigenvalue weighted by molar-refractivity contribution is 5.98. The average molecular weight is 451 g/mol. The zero-order valence-electron chi connectivity index (χ0n) is 18.4. The lowest BCUT2D eigenvalue weighted by Gasteiger charge is -2.19. The number of nitrogen functional groups attached to an aromatic ring is 2. The summed E-state index contributed by atoms with van der Waals surface area (Å²) in [6.07, 6.45) is 1.71. The van der Waals surface area contributed by atoms with Crippen molar-refractivity contribution in [3.05, 3.63) is 41.7 Å². The van der Waals surface area contributed by atoms with Crippen LogP contribution in [-0.2, 0) is 16.1 Å². The zero-order valence-corrected chi connectivity index (χ0v) is 18.4. The molecule has 0 saturated carbocycles. The Bertz CT molecular complexity index is 1200. The highest BCUT2D eigenvalue weighted by Gasteiger charge is 2.22. The van der Waals surface area contributed by atoms with Gasteiger partial charge < -0.3 is 26.3 Å². The zero-order chi connectivity index (χ0) is 24.1. The number of anilines is 3. The molecule has 0 bridgehead atoms. The number of carbonyl (C=O) groups is 3. The summed E-state index contributed by atoms with van der Waals surface area (Å²) in [7, 11) is 1.85. The first-order chi connectivity index (χ1) is 15.6. The highest BCUT2D eigenvalue weighted by Crippen LogP contribution is 2.21. The van der Waals surface area contributed by atoms with E-state index >= 15 is 0 Å². The number of aliphatic carboxylic acids is 1. The van der Waals surface area contributed by atoms with Crippen molar-refractivity contribution in [1.29, 1.82) is 0 Å². The maximum atomic E-state index is 12.5. The Morgan fingerprint density at radius 2 is 1.79 bits per heavy atom. The van der Waals surface area contributed by atoms with Gasteiger partial charge in [-0.3, -0.25) is 9.59 Å². The summed E-state index contributed by atoms with van der Waals surface area (Å²) < 4.78 is 0. The van der Waals surface area contributed by atoms with Gasteiger partial charge in [0.25, 0.3) is 0 Å². The van der Waals surface area contributed by atoms with Crippen LogP contribution >= 0.6 is 0 Å². The van der Waals surface area contributed by atoms with E-state index in [-0.39, 0.29) is 42.6 Å². The lowest BCUT2D eigenvalue weighted by atomic mass is 9.93. The number of carboxylic acid groups (broad SMARTS) is 1. The van der Waals surface area contributed by atoms with Crippen LogP contribution in [-0.4, -0.2) is 49.6 Å². The fourth-order valence-electron chi connectivity index (χ4n) is 3.33. The number of Topliss-reactive ketones (excluding diaryl/α,β-unsaturated/α-hetero) is 2. The van der Waals surface area contributed by atoms with Crippen LogP contribution in [0.1, 0.15) is 42.2 Å². The third kappa shape index (κ3) is 5.97. The van der Waals surface area contributed by atoms with Gasteiger partial charge in [0, 0.05) is 31.1 Å². The molecule has 2 heterocycles. The lowest BCUT2D eigenvalue weighted by molar-refractivity contribution is -0.142. The minimum atomic E-state index is -1.08. The molecule has 1 aromatic carbocycles. The van der Waals surface area contributed by atoms with E-state index in [1.54, 1.807) is 30.5 Å². The van der Waals surface area contributed by atoms with Gasteiger partial charge >= 0.3 is 5.97 Å². The van der Waals surface area contributed by atoms with Crippen molar-refractivity contribution in [3.63, 3.8) is 0 Å². The summed E-state index contributed by atoms with van der Waals surface area (Å²) in [5, 5.41) is 9.33. The molecule has 5 N–H and O–H groups in total. The summed E-state index contributed by atoms with van der Waals surface area (Å²) in [5.74, 6) is -2.16. The Morgan fingerprint density at radius 3 is 2.42 bits per heavy atom. The van der Waals surface area contributed by atoms with Gasteiger partial charge in [-0.1, -0.05) is 0 Å². The van der Waals surface area contributed by atoms with Crippen LogP contribution in [0.15, 0.2) is 30.5 Å². The van der Waals surface area contributed by atoms with Crippen LogP contribution in [0.25, 0.3) is 11.2 Å². The van der Waals surface area contributed by atoms with E-state index in [1.807, 2.05) is 11.9 Å². The number of rotatable bonds is 10. The molecule has 11 nitrogen and oxygen atoms in total. The fraction of sp³-hybridized carbons (Fsp3) is 0.318. The number of carbonyl (C=O) groups excluding carboxylic acids is 2. The van der Waals surface area contributed by atoms with Gasteiger partial charge in [-0.25, -0.2) is 9.97 Å². The second-order valence-corrected chi connectivity index (χ2v) is 7.81. The fourth-order valence-corrected chi connectivity index (χ4v) is 3.33. The number of fused-ring (bicyclic) bond motifs is 1. The SMILES string of the molecule is CC(=O)CCC(CC(=O)c1ccc(N(C)Cc2cnc3nc(N)nc(N)c3n2)cc1)C(=O)O. The Labute approximate surface area is 189 Å². The maximum Gasteiger partial charge on any atom is 0.306 e. The van der Waals surface area contributed by atoms with Crippen molar-refractivity contribution in [2.75, 3.05) is 23.4 Å². The minimum absolute atomic E-state index is 0.0299. The molecule has 1 atom stereocenters. The van der Waals surface area contributed by atoms with Crippen LogP contribution in [0.2, 0.25) is 0 Å². The van der Waals surface area contributed by atoms with Gasteiger partial charge in [-0.2, -0.15) is 9.97 Å². The minimum Gasteiger partial charge on any atom is -0.481 e. The van der Waals surface area contributed by atoms with Gasteiger partial charge in [-0.05, 0) is 37.6 Å². The molecule has 11 heteroatoms. The normalized spacial score (nSPS) is 11.8. The first-order valence-corrected chi connectivity index (χ1v) is 10.2. The molecule has 0 aliphatic heterocycles. The van der Waals surface area contributed by atoms with Gasteiger partial charge in [-0.15, -0.1) is 0 Å². The summed E-state index contributed by atoms with van der Waals surface area (Å²) in [6, 6.07) is 6.84. The van der Waals surface area contributed by atoms with E-state index in [2.05, 4.69) is 19.9 Å². The molecule has 0 saturated heterocycles. The van der Waals surface area contributed by atoms with E-state index < -0.39 is 11.9 Å². The number of nitrogens with two attached hydrogens (primary N) is 2. The van der Waals surface area contributed by atoms with Gasteiger partial charge in [0.15, 0.2) is 22.8 Å². The van der Waals surface area contributed by atoms with Gasteiger partial charge in [0.05, 0.1) is 24.4 Å². The quantitative estimate of drug-likeness (QED) is 0.383. The van der Waals surface area contributed by atoms with E-state index in [0.29, 0.717) is 29.0 Å². The molecule has 0 spiro atoms. The van der Waals surface area contributed by atoms with Crippen molar-refractivity contribution in [2.24, 2.45) is 5.92 Å². The number of benzene rings is 1. The standard InChI is InChI=1S/C22H25N7O4/c1-12(30)3-4-14(21(32)33)9-17(31)13-5-7-16(8-6-13)29(2)11-15-10-25-20-18(26-15)19(23)27-22(24)28-20/h5-8,10,14H,3-4,9,11H2,1-2H3,(H,32,33)(H4,23,24,25,27,28). The molecular formula is C22H25N7O4. The molecule has 3 aromatic rings. The predicted molar refractivity (Wildman–Crippen MR) is 122 cm³/mol. The van der Waals surface area contributed by atoms with Gasteiger partial charge in [0.2, 0.25) is 5.95 Å². The second kappa shape index (κ2) is 9.98. The summed E-state index contributed by atoms with van der Waals surface area (Å²) >= 11 is 0. The van der Waals surface area contributed by atoms with Crippen molar-refractivity contribution in [2.45, 2.75) is 32.7 Å². The van der Waals surface area contributed by atoms with Crippen LogP contribution in [0.5, 0.6) is 0 Å². The first-order valence-electron chi connectivity index (χ1n) is 10.2. The molecule has 0 aliphatic carbocycles. The Balaban J connectivity index is 1.67. The summed E-state index contributed by atoms with van der Waals surface area (Å²) in [6.45, 7) is 1.81. The molecule has 3 rings (SSSR count). The Morgan fingerprint density at radius 1 is 1.09 bits per heavy atom. The number of aromatic nitrogens is 4.